The molecule has 0 N–H and O–H groups in total. The van der Waals surface area contributed by atoms with Crippen LogP contribution in [-0.2, 0) is 25.7 Å². The monoisotopic (exact) mass is 408 g/mol. The molecule has 0 aliphatic carbocycles. The SMILES string of the molecule is CC(=O)SCCC1=C(C(=O)OCc2ccc([N+](=O)[O-])cc2)N2C(=O)CC2S1. The summed E-state index contributed by atoms with van der Waals surface area (Å²) in [6.45, 7) is 1.43. The molecule has 1 atom stereocenters. The zero-order chi connectivity index (χ0) is 19.6. The largest absolute Gasteiger partial charge is 0.456 e. The average molecular weight is 408 g/mol. The van der Waals surface area contributed by atoms with Gasteiger partial charge in [-0.2, -0.15) is 0 Å². The van der Waals surface area contributed by atoms with Crippen LogP contribution in [0.3, 0.4) is 0 Å². The van der Waals surface area contributed by atoms with Crippen molar-refractivity contribution in [3.05, 3.63) is 50.5 Å². The molecule has 1 saturated heterocycles. The first-order valence-electron chi connectivity index (χ1n) is 8.12. The number of carbonyl (C=O) groups is 3. The predicted molar refractivity (Wildman–Crippen MR) is 101 cm³/mol. The van der Waals surface area contributed by atoms with Gasteiger partial charge in [0.2, 0.25) is 5.91 Å². The minimum absolute atomic E-state index is 0.000231. The highest BCUT2D eigenvalue weighted by Crippen LogP contribution is 2.47. The van der Waals surface area contributed by atoms with Crippen molar-refractivity contribution in [3.63, 3.8) is 0 Å². The van der Waals surface area contributed by atoms with Gasteiger partial charge in [0.15, 0.2) is 5.12 Å². The number of rotatable bonds is 7. The lowest BCUT2D eigenvalue weighted by Crippen LogP contribution is -2.48. The molecular formula is C17H16N2O6S2. The lowest BCUT2D eigenvalue weighted by Gasteiger charge is -2.34. The van der Waals surface area contributed by atoms with Crippen LogP contribution in [0.5, 0.6) is 0 Å². The number of carbonyl (C=O) groups excluding carboxylic acids is 3. The number of esters is 1. The maximum Gasteiger partial charge on any atom is 0.356 e. The van der Waals surface area contributed by atoms with Gasteiger partial charge in [-0.3, -0.25) is 24.6 Å². The van der Waals surface area contributed by atoms with Crippen LogP contribution in [0.25, 0.3) is 0 Å². The van der Waals surface area contributed by atoms with E-state index >= 15 is 0 Å². The van der Waals surface area contributed by atoms with Crippen LogP contribution >= 0.6 is 23.5 Å². The molecule has 2 aliphatic heterocycles. The number of hydrogen-bond acceptors (Lipinski definition) is 8. The topological polar surface area (TPSA) is 107 Å². The Kier molecular flexibility index (Phi) is 5.85. The number of amides is 1. The van der Waals surface area contributed by atoms with Gasteiger partial charge >= 0.3 is 5.97 Å². The molecular weight excluding hydrogens is 392 g/mol. The molecule has 0 radical (unpaired) electrons. The Bertz CT molecular complexity index is 836. The number of thioether (sulfide) groups is 2. The van der Waals surface area contributed by atoms with Gasteiger partial charge in [-0.25, -0.2) is 4.79 Å². The minimum atomic E-state index is -0.598. The minimum Gasteiger partial charge on any atom is -0.456 e. The lowest BCUT2D eigenvalue weighted by atomic mass is 10.1. The molecule has 8 nitrogen and oxygen atoms in total. The van der Waals surface area contributed by atoms with E-state index in [4.69, 9.17) is 4.74 Å². The van der Waals surface area contributed by atoms with Gasteiger partial charge in [0.05, 0.1) is 16.7 Å². The Morgan fingerprint density at radius 2 is 2.07 bits per heavy atom. The standard InChI is InChI=1S/C17H16N2O6S2/c1-10(20)26-7-6-13-16(18-14(21)8-15(18)27-13)17(22)25-9-11-2-4-12(5-3-11)19(23)24/h2-5,15H,6-9H2,1H3. The zero-order valence-corrected chi connectivity index (χ0v) is 16.0. The number of nitro benzene ring substituents is 1. The smallest absolute Gasteiger partial charge is 0.356 e. The Morgan fingerprint density at radius 3 is 2.67 bits per heavy atom. The molecule has 1 amide bonds. The molecule has 10 heteroatoms. The normalized spacial score (nSPS) is 18.2. The van der Waals surface area contributed by atoms with Gasteiger partial charge in [0.25, 0.3) is 5.69 Å². The molecule has 2 heterocycles. The highest BCUT2D eigenvalue weighted by molar-refractivity contribution is 8.13. The highest BCUT2D eigenvalue weighted by Gasteiger charge is 2.48. The van der Waals surface area contributed by atoms with Crippen LogP contribution in [0.4, 0.5) is 5.69 Å². The van der Waals surface area contributed by atoms with Crippen molar-refractivity contribution < 1.29 is 24.0 Å². The van der Waals surface area contributed by atoms with Crippen molar-refractivity contribution >= 4 is 46.2 Å². The van der Waals surface area contributed by atoms with E-state index in [1.165, 1.54) is 59.6 Å². The predicted octanol–water partition coefficient (Wildman–Crippen LogP) is 2.82. The number of non-ortho nitro benzene ring substituents is 1. The summed E-state index contributed by atoms with van der Waals surface area (Å²) in [5, 5.41) is 10.6. The maximum atomic E-state index is 12.6. The molecule has 1 fully saturated rings. The van der Waals surface area contributed by atoms with E-state index in [1.54, 1.807) is 0 Å². The molecule has 2 aliphatic rings. The fraction of sp³-hybridized carbons (Fsp3) is 0.353. The van der Waals surface area contributed by atoms with E-state index in [2.05, 4.69) is 0 Å². The summed E-state index contributed by atoms with van der Waals surface area (Å²) in [7, 11) is 0. The Morgan fingerprint density at radius 1 is 1.37 bits per heavy atom. The van der Waals surface area contributed by atoms with Gasteiger partial charge in [-0.1, -0.05) is 11.8 Å². The zero-order valence-electron chi connectivity index (χ0n) is 14.4. The first-order valence-corrected chi connectivity index (χ1v) is 9.99. The second-order valence-electron chi connectivity index (χ2n) is 5.90. The van der Waals surface area contributed by atoms with Crippen molar-refractivity contribution in [2.24, 2.45) is 0 Å². The summed E-state index contributed by atoms with van der Waals surface area (Å²) in [4.78, 5) is 47.9. The molecule has 1 unspecified atom stereocenters. The van der Waals surface area contributed by atoms with E-state index < -0.39 is 10.9 Å². The fourth-order valence-electron chi connectivity index (χ4n) is 2.71. The van der Waals surface area contributed by atoms with E-state index in [0.29, 0.717) is 24.2 Å². The summed E-state index contributed by atoms with van der Waals surface area (Å²) >= 11 is 2.64. The van der Waals surface area contributed by atoms with E-state index in [0.717, 1.165) is 4.91 Å². The number of nitrogens with zero attached hydrogens (tertiary/aromatic N) is 2. The fourth-order valence-corrected chi connectivity index (χ4v) is 4.83. The molecule has 0 bridgehead atoms. The lowest BCUT2D eigenvalue weighted by molar-refractivity contribution is -0.384. The van der Waals surface area contributed by atoms with Gasteiger partial charge in [-0.15, -0.1) is 11.8 Å². The molecule has 1 aromatic rings. The molecule has 0 spiro atoms. The summed E-state index contributed by atoms with van der Waals surface area (Å²) in [5.74, 6) is -0.186. The van der Waals surface area contributed by atoms with Crippen molar-refractivity contribution in [3.8, 4) is 0 Å². The van der Waals surface area contributed by atoms with E-state index in [-0.39, 0.29) is 34.4 Å². The third-order valence-corrected chi connectivity index (χ3v) is 6.18. The van der Waals surface area contributed by atoms with Gasteiger partial charge in [0.1, 0.15) is 12.3 Å². The van der Waals surface area contributed by atoms with E-state index in [1.807, 2.05) is 0 Å². The summed E-state index contributed by atoms with van der Waals surface area (Å²) in [6, 6.07) is 5.72. The first kappa shape index (κ1) is 19.4. The number of allylic oxidation sites excluding steroid dienone is 1. The van der Waals surface area contributed by atoms with Crippen molar-refractivity contribution in [2.75, 3.05) is 5.75 Å². The van der Waals surface area contributed by atoms with Gasteiger partial charge < -0.3 is 4.74 Å². The molecule has 3 rings (SSSR count). The summed E-state index contributed by atoms with van der Waals surface area (Å²) in [6.07, 6.45) is 0.893. The number of β-lactam (4-membered cyclic amide) rings is 1. The maximum absolute atomic E-state index is 12.6. The Hall–Kier alpha value is -2.33. The third-order valence-electron chi connectivity index (χ3n) is 4.03. The van der Waals surface area contributed by atoms with Crippen LogP contribution < -0.4 is 0 Å². The van der Waals surface area contributed by atoms with Crippen molar-refractivity contribution in [1.82, 2.24) is 4.90 Å². The summed E-state index contributed by atoms with van der Waals surface area (Å²) in [5.41, 5.74) is 0.826. The second kappa shape index (κ2) is 8.13. The van der Waals surface area contributed by atoms with Gasteiger partial charge in [0, 0.05) is 29.7 Å². The molecule has 0 saturated carbocycles. The van der Waals surface area contributed by atoms with Crippen LogP contribution in [0.1, 0.15) is 25.3 Å². The molecule has 0 aromatic heterocycles. The molecule has 27 heavy (non-hydrogen) atoms. The number of fused-ring (bicyclic) bond motifs is 1. The number of ether oxygens (including phenoxy) is 1. The number of nitro groups is 1. The number of hydrogen-bond donors (Lipinski definition) is 0. The van der Waals surface area contributed by atoms with Crippen LogP contribution in [0.2, 0.25) is 0 Å². The Balaban J connectivity index is 1.66. The third kappa shape index (κ3) is 4.33. The molecule has 1 aromatic carbocycles. The highest BCUT2D eigenvalue weighted by atomic mass is 32.2. The Labute approximate surface area is 163 Å². The average Bonchev–Trinajstić information content (AvgIpc) is 2.92. The van der Waals surface area contributed by atoms with Crippen LogP contribution in [-0.4, -0.2) is 37.9 Å². The summed E-state index contributed by atoms with van der Waals surface area (Å²) < 4.78 is 5.32. The number of benzene rings is 1. The first-order chi connectivity index (χ1) is 12.9. The van der Waals surface area contributed by atoms with Crippen molar-refractivity contribution in [1.29, 1.82) is 0 Å². The van der Waals surface area contributed by atoms with Crippen LogP contribution in [0, 0.1) is 10.1 Å². The quantitative estimate of drug-likeness (QED) is 0.293. The van der Waals surface area contributed by atoms with Crippen LogP contribution in [0.15, 0.2) is 34.9 Å². The second-order valence-corrected chi connectivity index (χ2v) is 8.45. The van der Waals surface area contributed by atoms with Gasteiger partial charge in [-0.05, 0) is 24.1 Å². The van der Waals surface area contributed by atoms with Crippen molar-refractivity contribution in [2.45, 2.75) is 31.7 Å². The van der Waals surface area contributed by atoms with E-state index in [9.17, 15) is 24.5 Å². The molecule has 142 valence electrons.